The van der Waals surface area contributed by atoms with E-state index in [1.807, 2.05) is 44.2 Å². The van der Waals surface area contributed by atoms with Crippen LogP contribution in [0.2, 0.25) is 0 Å². The summed E-state index contributed by atoms with van der Waals surface area (Å²) in [7, 11) is -4.05. The molecule has 0 saturated carbocycles. The summed E-state index contributed by atoms with van der Waals surface area (Å²) in [6.45, 7) is 5.86. The molecule has 8 heteroatoms. The zero-order valence-corrected chi connectivity index (χ0v) is 22.4. The maximum absolute atomic E-state index is 13.8. The fourth-order valence-electron chi connectivity index (χ4n) is 3.86. The van der Waals surface area contributed by atoms with E-state index in [4.69, 9.17) is 0 Å². The zero-order valence-electron chi connectivity index (χ0n) is 21.6. The average molecular weight is 522 g/mol. The van der Waals surface area contributed by atoms with Gasteiger partial charge in [0.05, 0.1) is 10.6 Å². The average Bonchev–Trinajstić information content (AvgIpc) is 2.91. The van der Waals surface area contributed by atoms with E-state index in [9.17, 15) is 18.0 Å². The molecule has 0 aliphatic carbocycles. The first-order valence-corrected chi connectivity index (χ1v) is 13.9. The van der Waals surface area contributed by atoms with Crippen LogP contribution in [0.25, 0.3) is 0 Å². The summed E-state index contributed by atoms with van der Waals surface area (Å²) in [6.07, 6.45) is 1.77. The Morgan fingerprint density at radius 2 is 1.49 bits per heavy atom. The molecular weight excluding hydrogens is 486 g/mol. The molecule has 0 unspecified atom stereocenters. The lowest BCUT2D eigenvalue weighted by molar-refractivity contribution is -0.139. The fraction of sp³-hybridized carbons (Fsp3) is 0.310. The van der Waals surface area contributed by atoms with Gasteiger partial charge in [0.25, 0.3) is 10.0 Å². The van der Waals surface area contributed by atoms with Gasteiger partial charge in [0, 0.05) is 13.1 Å². The second kappa shape index (κ2) is 13.1. The predicted octanol–water partition coefficient (Wildman–Crippen LogP) is 4.52. The van der Waals surface area contributed by atoms with Crippen molar-refractivity contribution in [3.05, 3.63) is 96.1 Å². The first kappa shape index (κ1) is 27.9. The van der Waals surface area contributed by atoms with Crippen molar-refractivity contribution in [1.82, 2.24) is 10.2 Å². The Hall–Kier alpha value is -3.65. The maximum Gasteiger partial charge on any atom is 0.264 e. The standard InChI is InChI=1S/C29H35N3O4S/c1-4-5-20-30-29(34)24(3)31(21-25-12-8-6-9-13-25)28(33)22-32(26-18-16-23(2)17-19-26)37(35,36)27-14-10-7-11-15-27/h6-19,24H,4-5,20-22H2,1-3H3,(H,30,34)/t24-/m1/s1. The Kier molecular flexibility index (Phi) is 9.85. The minimum absolute atomic E-state index is 0.0864. The molecule has 2 amide bonds. The summed E-state index contributed by atoms with van der Waals surface area (Å²) in [4.78, 5) is 28.2. The lowest BCUT2D eigenvalue weighted by Crippen LogP contribution is -2.51. The van der Waals surface area contributed by atoms with Gasteiger partial charge in [-0.1, -0.05) is 79.6 Å². The van der Waals surface area contributed by atoms with Crippen molar-refractivity contribution in [2.75, 3.05) is 17.4 Å². The molecule has 0 bridgehead atoms. The fourth-order valence-corrected chi connectivity index (χ4v) is 5.29. The SMILES string of the molecule is CCCCNC(=O)[C@@H](C)N(Cc1ccccc1)C(=O)CN(c1ccc(C)cc1)S(=O)(=O)c1ccccc1. The summed E-state index contributed by atoms with van der Waals surface area (Å²) in [5, 5.41) is 2.89. The number of aryl methyl sites for hydroxylation is 1. The van der Waals surface area contributed by atoms with Crippen LogP contribution in [-0.2, 0) is 26.2 Å². The van der Waals surface area contributed by atoms with Crippen LogP contribution in [0, 0.1) is 6.92 Å². The molecule has 0 saturated heterocycles. The quantitative estimate of drug-likeness (QED) is 0.355. The Morgan fingerprint density at radius 3 is 2.08 bits per heavy atom. The molecule has 0 aliphatic heterocycles. The van der Waals surface area contributed by atoms with Crippen molar-refractivity contribution in [2.24, 2.45) is 0 Å². The van der Waals surface area contributed by atoms with Crippen LogP contribution >= 0.6 is 0 Å². The molecule has 1 N–H and O–H groups in total. The minimum Gasteiger partial charge on any atom is -0.354 e. The number of benzene rings is 3. The largest absolute Gasteiger partial charge is 0.354 e. The molecule has 3 rings (SSSR count). The third kappa shape index (κ3) is 7.43. The zero-order chi connectivity index (χ0) is 26.8. The second-order valence-electron chi connectivity index (χ2n) is 8.99. The van der Waals surface area contributed by atoms with Crippen LogP contribution in [0.15, 0.2) is 89.8 Å². The van der Waals surface area contributed by atoms with Gasteiger partial charge in [0.15, 0.2) is 0 Å². The number of amides is 2. The van der Waals surface area contributed by atoms with E-state index in [0.717, 1.165) is 28.3 Å². The number of carbonyl (C=O) groups excluding carboxylic acids is 2. The highest BCUT2D eigenvalue weighted by Crippen LogP contribution is 2.25. The normalized spacial score (nSPS) is 12.0. The van der Waals surface area contributed by atoms with Crippen LogP contribution < -0.4 is 9.62 Å². The van der Waals surface area contributed by atoms with Gasteiger partial charge in [0.2, 0.25) is 11.8 Å². The number of nitrogens with zero attached hydrogens (tertiary/aromatic N) is 2. The van der Waals surface area contributed by atoms with Crippen molar-refractivity contribution in [3.63, 3.8) is 0 Å². The lowest BCUT2D eigenvalue weighted by Gasteiger charge is -2.32. The van der Waals surface area contributed by atoms with Crippen LogP contribution in [0.3, 0.4) is 0 Å². The Morgan fingerprint density at radius 1 is 0.892 bits per heavy atom. The second-order valence-corrected chi connectivity index (χ2v) is 10.9. The number of nitrogens with one attached hydrogen (secondary N) is 1. The van der Waals surface area contributed by atoms with Crippen molar-refractivity contribution in [1.29, 1.82) is 0 Å². The summed E-state index contributed by atoms with van der Waals surface area (Å²) in [5.41, 5.74) is 2.19. The third-order valence-electron chi connectivity index (χ3n) is 6.12. The van der Waals surface area contributed by atoms with Crippen molar-refractivity contribution in [2.45, 2.75) is 51.1 Å². The van der Waals surface area contributed by atoms with Crippen LogP contribution in [0.1, 0.15) is 37.8 Å². The predicted molar refractivity (Wildman–Crippen MR) is 147 cm³/mol. The van der Waals surface area contributed by atoms with Gasteiger partial charge < -0.3 is 10.2 Å². The molecule has 3 aromatic rings. The van der Waals surface area contributed by atoms with E-state index in [1.165, 1.54) is 17.0 Å². The smallest absolute Gasteiger partial charge is 0.264 e. The molecule has 0 spiro atoms. The number of hydrogen-bond donors (Lipinski definition) is 1. The van der Waals surface area contributed by atoms with Gasteiger partial charge in [-0.15, -0.1) is 0 Å². The number of carbonyl (C=O) groups is 2. The van der Waals surface area contributed by atoms with Crippen molar-refractivity contribution >= 4 is 27.5 Å². The first-order valence-electron chi connectivity index (χ1n) is 12.5. The number of unbranched alkanes of at least 4 members (excludes halogenated alkanes) is 1. The van der Waals surface area contributed by atoms with E-state index in [-0.39, 0.29) is 17.3 Å². The molecule has 0 fully saturated rings. The van der Waals surface area contributed by atoms with Gasteiger partial charge in [0.1, 0.15) is 12.6 Å². The van der Waals surface area contributed by atoms with Crippen LogP contribution in [0.4, 0.5) is 5.69 Å². The van der Waals surface area contributed by atoms with Gasteiger partial charge in [-0.3, -0.25) is 13.9 Å². The summed E-state index contributed by atoms with van der Waals surface area (Å²) < 4.78 is 28.5. The number of sulfonamides is 1. The molecule has 37 heavy (non-hydrogen) atoms. The molecule has 0 heterocycles. The topological polar surface area (TPSA) is 86.8 Å². The monoisotopic (exact) mass is 521 g/mol. The maximum atomic E-state index is 13.8. The highest BCUT2D eigenvalue weighted by Gasteiger charge is 2.32. The van der Waals surface area contributed by atoms with E-state index in [2.05, 4.69) is 5.32 Å². The molecule has 0 aliphatic rings. The Labute approximate surface area is 220 Å². The molecule has 0 radical (unpaired) electrons. The van der Waals surface area contributed by atoms with Crippen LogP contribution in [0.5, 0.6) is 0 Å². The highest BCUT2D eigenvalue weighted by atomic mass is 32.2. The molecular formula is C29H35N3O4S. The molecule has 3 aromatic carbocycles. The lowest BCUT2D eigenvalue weighted by atomic mass is 10.1. The Bertz CT molecular complexity index is 1260. The van der Waals surface area contributed by atoms with Crippen molar-refractivity contribution in [3.8, 4) is 0 Å². The number of anilines is 1. The third-order valence-corrected chi connectivity index (χ3v) is 7.91. The molecule has 1 atom stereocenters. The summed E-state index contributed by atoms with van der Waals surface area (Å²) in [5.74, 6) is -0.743. The molecule has 196 valence electrons. The molecule has 7 nitrogen and oxygen atoms in total. The van der Waals surface area contributed by atoms with E-state index in [0.29, 0.717) is 12.2 Å². The van der Waals surface area contributed by atoms with Gasteiger partial charge in [-0.05, 0) is 50.1 Å². The van der Waals surface area contributed by atoms with Gasteiger partial charge >= 0.3 is 0 Å². The summed E-state index contributed by atoms with van der Waals surface area (Å²) in [6, 6.07) is 23.6. The van der Waals surface area contributed by atoms with Crippen molar-refractivity contribution < 1.29 is 18.0 Å². The van der Waals surface area contributed by atoms with Gasteiger partial charge in [-0.2, -0.15) is 0 Å². The van der Waals surface area contributed by atoms with Crippen LogP contribution in [-0.4, -0.2) is 44.3 Å². The first-order chi connectivity index (χ1) is 17.7. The van der Waals surface area contributed by atoms with E-state index in [1.54, 1.807) is 49.4 Å². The number of hydrogen-bond acceptors (Lipinski definition) is 4. The van der Waals surface area contributed by atoms with Gasteiger partial charge in [-0.25, -0.2) is 8.42 Å². The minimum atomic E-state index is -4.05. The number of rotatable bonds is 12. The van der Waals surface area contributed by atoms with E-state index >= 15 is 0 Å². The molecule has 0 aromatic heterocycles. The highest BCUT2D eigenvalue weighted by molar-refractivity contribution is 7.92. The summed E-state index contributed by atoms with van der Waals surface area (Å²) >= 11 is 0. The van der Waals surface area contributed by atoms with E-state index < -0.39 is 28.5 Å². The Balaban J connectivity index is 1.96.